The van der Waals surface area contributed by atoms with E-state index in [9.17, 15) is 9.90 Å². The summed E-state index contributed by atoms with van der Waals surface area (Å²) in [5.74, 6) is 0.788. The fourth-order valence-electron chi connectivity index (χ4n) is 3.54. The molecule has 162 valence electrons. The van der Waals surface area contributed by atoms with Crippen LogP contribution in [-0.4, -0.2) is 30.4 Å². The quantitative estimate of drug-likeness (QED) is 0.299. The van der Waals surface area contributed by atoms with Gasteiger partial charge in [-0.1, -0.05) is 73.3 Å². The number of rotatable bonds is 9. The first kappa shape index (κ1) is 21.4. The van der Waals surface area contributed by atoms with Gasteiger partial charge in [0.2, 0.25) is 0 Å². The number of aliphatic hydroxyl groups is 1. The van der Waals surface area contributed by atoms with Gasteiger partial charge in [0.25, 0.3) is 0 Å². The lowest BCUT2D eigenvalue weighted by Gasteiger charge is -2.16. The molecule has 0 bridgehead atoms. The molecular formula is C27H24O5. The van der Waals surface area contributed by atoms with Crippen molar-refractivity contribution >= 4 is 27.5 Å². The summed E-state index contributed by atoms with van der Waals surface area (Å²) in [5.41, 5.74) is 1.12. The molecule has 0 fully saturated rings. The number of hydrogen-bond acceptors (Lipinski definition) is 5. The van der Waals surface area contributed by atoms with E-state index in [1.54, 1.807) is 0 Å². The monoisotopic (exact) mass is 428 g/mol. The zero-order valence-electron chi connectivity index (χ0n) is 17.6. The van der Waals surface area contributed by atoms with Crippen LogP contribution in [0.4, 0.5) is 0 Å². The number of hydrogen-bond donors (Lipinski definition) is 1. The summed E-state index contributed by atoms with van der Waals surface area (Å²) < 4.78 is 16.8. The number of aliphatic hydroxyl groups excluding tert-OH is 1. The van der Waals surface area contributed by atoms with E-state index in [-0.39, 0.29) is 13.2 Å². The first-order valence-electron chi connectivity index (χ1n) is 10.4. The molecule has 0 spiro atoms. The Morgan fingerprint density at radius 2 is 1.44 bits per heavy atom. The molecule has 0 aliphatic heterocycles. The summed E-state index contributed by atoms with van der Waals surface area (Å²) in [7, 11) is 0. The molecule has 0 saturated heterocycles. The maximum atomic E-state index is 11.1. The van der Waals surface area contributed by atoms with Gasteiger partial charge >= 0.3 is 5.97 Å². The molecule has 1 unspecified atom stereocenters. The van der Waals surface area contributed by atoms with Gasteiger partial charge in [0.15, 0.2) is 0 Å². The number of fused-ring (bicyclic) bond motifs is 2. The van der Waals surface area contributed by atoms with Crippen LogP contribution in [0, 0.1) is 0 Å². The highest BCUT2D eigenvalue weighted by Gasteiger charge is 2.12. The average molecular weight is 428 g/mol. The molecule has 1 atom stereocenters. The number of ether oxygens (including phenoxy) is 3. The Labute approximate surface area is 186 Å². The molecule has 4 aromatic carbocycles. The van der Waals surface area contributed by atoms with Crippen molar-refractivity contribution in [3.8, 4) is 11.5 Å². The molecule has 4 rings (SSSR count). The fraction of sp³-hybridized carbons (Fsp3) is 0.148. The Bertz CT molecular complexity index is 1240. The zero-order valence-corrected chi connectivity index (χ0v) is 17.6. The molecule has 0 radical (unpaired) electrons. The van der Waals surface area contributed by atoms with Gasteiger partial charge in [-0.3, -0.25) is 0 Å². The topological polar surface area (TPSA) is 65.0 Å². The van der Waals surface area contributed by atoms with E-state index in [1.807, 2.05) is 54.6 Å². The standard InChI is InChI=1S/C27H24O5/c1-2-27(29)32-18-21(28)17-31-26-15-14-25(23-12-5-6-13-24(23)26)30-16-20-10-7-9-19-8-3-4-11-22(19)20/h2-15,21,28H,1,16-18H2. The minimum atomic E-state index is -0.944. The van der Waals surface area contributed by atoms with Gasteiger partial charge in [0.05, 0.1) is 0 Å². The van der Waals surface area contributed by atoms with E-state index in [4.69, 9.17) is 14.2 Å². The Morgan fingerprint density at radius 3 is 2.16 bits per heavy atom. The minimum Gasteiger partial charge on any atom is -0.490 e. The Kier molecular flexibility index (Phi) is 6.68. The lowest BCUT2D eigenvalue weighted by atomic mass is 10.1. The van der Waals surface area contributed by atoms with E-state index in [0.29, 0.717) is 12.4 Å². The van der Waals surface area contributed by atoms with E-state index in [0.717, 1.165) is 28.2 Å². The summed E-state index contributed by atoms with van der Waals surface area (Å²) in [5, 5.41) is 14.2. The van der Waals surface area contributed by atoms with Crippen molar-refractivity contribution in [2.24, 2.45) is 0 Å². The highest BCUT2D eigenvalue weighted by atomic mass is 16.5. The molecule has 0 aliphatic rings. The van der Waals surface area contributed by atoms with Crippen molar-refractivity contribution in [1.29, 1.82) is 0 Å². The second-order valence-corrected chi connectivity index (χ2v) is 7.33. The first-order chi connectivity index (χ1) is 15.7. The molecule has 0 amide bonds. The molecule has 0 aliphatic carbocycles. The number of esters is 1. The summed E-state index contributed by atoms with van der Waals surface area (Å²) >= 11 is 0. The van der Waals surface area contributed by atoms with Crippen molar-refractivity contribution in [1.82, 2.24) is 0 Å². The van der Waals surface area contributed by atoms with Gasteiger partial charge in [-0.15, -0.1) is 0 Å². The van der Waals surface area contributed by atoms with Crippen LogP contribution in [0.5, 0.6) is 11.5 Å². The predicted octanol–water partition coefficient (Wildman–Crippen LogP) is 5.04. The van der Waals surface area contributed by atoms with Crippen molar-refractivity contribution < 1.29 is 24.1 Å². The van der Waals surface area contributed by atoms with Crippen LogP contribution in [0.15, 0.2) is 91.5 Å². The third-order valence-corrected chi connectivity index (χ3v) is 5.12. The third-order valence-electron chi connectivity index (χ3n) is 5.12. The van der Waals surface area contributed by atoms with Gasteiger partial charge in [-0.2, -0.15) is 0 Å². The van der Waals surface area contributed by atoms with E-state index in [2.05, 4.69) is 30.8 Å². The summed E-state index contributed by atoms with van der Waals surface area (Å²) in [6.07, 6.45) is 0.109. The highest BCUT2D eigenvalue weighted by Crippen LogP contribution is 2.34. The smallest absolute Gasteiger partial charge is 0.330 e. The summed E-state index contributed by atoms with van der Waals surface area (Å²) in [4.78, 5) is 11.1. The van der Waals surface area contributed by atoms with Gasteiger partial charge < -0.3 is 19.3 Å². The average Bonchev–Trinajstić information content (AvgIpc) is 2.84. The molecule has 0 aromatic heterocycles. The van der Waals surface area contributed by atoms with Gasteiger partial charge in [-0.05, 0) is 28.5 Å². The SMILES string of the molecule is C=CC(=O)OCC(O)COc1ccc(OCc2cccc3ccccc23)c2ccccc12. The molecule has 5 heteroatoms. The van der Waals surface area contributed by atoms with Crippen molar-refractivity contribution in [3.05, 3.63) is 97.1 Å². The van der Waals surface area contributed by atoms with Crippen molar-refractivity contribution in [3.63, 3.8) is 0 Å². The maximum Gasteiger partial charge on any atom is 0.330 e. The summed E-state index contributed by atoms with van der Waals surface area (Å²) in [6, 6.07) is 25.9. The van der Waals surface area contributed by atoms with E-state index in [1.165, 1.54) is 10.8 Å². The second kappa shape index (κ2) is 9.98. The van der Waals surface area contributed by atoms with E-state index < -0.39 is 12.1 Å². The number of carbonyl (C=O) groups excluding carboxylic acids is 1. The van der Waals surface area contributed by atoms with Crippen LogP contribution < -0.4 is 9.47 Å². The van der Waals surface area contributed by atoms with Crippen LogP contribution in [0.1, 0.15) is 5.56 Å². The van der Waals surface area contributed by atoms with Crippen LogP contribution in [0.2, 0.25) is 0 Å². The normalized spacial score (nSPS) is 11.8. The first-order valence-corrected chi connectivity index (χ1v) is 10.4. The Morgan fingerprint density at radius 1 is 0.812 bits per heavy atom. The molecule has 4 aromatic rings. The molecule has 1 N–H and O–H groups in total. The van der Waals surface area contributed by atoms with Crippen LogP contribution in [0.25, 0.3) is 21.5 Å². The minimum absolute atomic E-state index is 0.00930. The number of carbonyl (C=O) groups is 1. The fourth-order valence-corrected chi connectivity index (χ4v) is 3.54. The van der Waals surface area contributed by atoms with Crippen LogP contribution in [-0.2, 0) is 16.1 Å². The van der Waals surface area contributed by atoms with Crippen molar-refractivity contribution in [2.45, 2.75) is 12.7 Å². The zero-order chi connectivity index (χ0) is 22.3. The lowest BCUT2D eigenvalue weighted by molar-refractivity contribution is -0.141. The lowest BCUT2D eigenvalue weighted by Crippen LogP contribution is -2.24. The Balaban J connectivity index is 1.49. The molecule has 5 nitrogen and oxygen atoms in total. The van der Waals surface area contributed by atoms with Gasteiger partial charge in [-0.25, -0.2) is 4.79 Å². The van der Waals surface area contributed by atoms with Gasteiger partial charge in [0.1, 0.15) is 37.4 Å². The molecule has 0 saturated carbocycles. The second-order valence-electron chi connectivity index (χ2n) is 7.33. The summed E-state index contributed by atoms with van der Waals surface area (Å²) in [6.45, 7) is 3.60. The van der Waals surface area contributed by atoms with Crippen LogP contribution in [0.3, 0.4) is 0 Å². The molecule has 0 heterocycles. The van der Waals surface area contributed by atoms with Crippen LogP contribution >= 0.6 is 0 Å². The predicted molar refractivity (Wildman–Crippen MR) is 125 cm³/mol. The van der Waals surface area contributed by atoms with E-state index >= 15 is 0 Å². The maximum absolute atomic E-state index is 11.1. The van der Waals surface area contributed by atoms with Crippen molar-refractivity contribution in [2.75, 3.05) is 13.2 Å². The largest absolute Gasteiger partial charge is 0.490 e. The van der Waals surface area contributed by atoms with Gasteiger partial charge in [0, 0.05) is 16.8 Å². The third kappa shape index (κ3) is 4.90. The number of benzene rings is 4. The molecular weight excluding hydrogens is 404 g/mol. The highest BCUT2D eigenvalue weighted by molar-refractivity contribution is 5.93. The Hall–Kier alpha value is -3.83. The molecule has 32 heavy (non-hydrogen) atoms.